The molecule has 1 fully saturated rings. The molecular weight excluding hydrogens is 230 g/mol. The Morgan fingerprint density at radius 1 is 1.35 bits per heavy atom. The third kappa shape index (κ3) is 3.30. The van der Waals surface area contributed by atoms with Crippen LogP contribution in [0.25, 0.3) is 0 Å². The summed E-state index contributed by atoms with van der Waals surface area (Å²) in [6.45, 7) is 2.88. The maximum atomic E-state index is 5.09. The van der Waals surface area contributed by atoms with Gasteiger partial charge in [0.2, 0.25) is 0 Å². The number of thiophene rings is 1. The molecule has 96 valence electrons. The van der Waals surface area contributed by atoms with E-state index >= 15 is 0 Å². The molecule has 2 nitrogen and oxygen atoms in total. The van der Waals surface area contributed by atoms with Gasteiger partial charge in [-0.25, -0.2) is 0 Å². The highest BCUT2D eigenvalue weighted by atomic mass is 32.1. The normalized spacial score (nSPS) is 19.4. The molecule has 1 aliphatic rings. The summed E-state index contributed by atoms with van der Waals surface area (Å²) >= 11 is 1.92. The zero-order valence-corrected chi connectivity index (χ0v) is 11.5. The summed E-state index contributed by atoms with van der Waals surface area (Å²) in [6.07, 6.45) is 6.85. The molecule has 0 bridgehead atoms. The van der Waals surface area contributed by atoms with Crippen LogP contribution in [0.4, 0.5) is 0 Å². The largest absolute Gasteiger partial charge is 0.383 e. The predicted octanol–water partition coefficient (Wildman–Crippen LogP) is 3.19. The van der Waals surface area contributed by atoms with E-state index in [4.69, 9.17) is 4.74 Å². The van der Waals surface area contributed by atoms with Crippen LogP contribution in [0.2, 0.25) is 0 Å². The summed E-state index contributed by atoms with van der Waals surface area (Å²) < 4.78 is 5.09. The highest BCUT2D eigenvalue weighted by molar-refractivity contribution is 7.10. The molecule has 0 amide bonds. The lowest BCUT2D eigenvalue weighted by atomic mass is 9.73. The second-order valence-electron chi connectivity index (χ2n) is 4.99. The van der Waals surface area contributed by atoms with Crippen molar-refractivity contribution in [3.05, 3.63) is 22.4 Å². The van der Waals surface area contributed by atoms with Crippen LogP contribution in [0.15, 0.2) is 17.5 Å². The molecule has 0 aliphatic heterocycles. The number of ether oxygens (including phenoxy) is 1. The van der Waals surface area contributed by atoms with E-state index in [0.717, 1.165) is 19.7 Å². The first-order valence-corrected chi connectivity index (χ1v) is 7.49. The Kier molecular flexibility index (Phi) is 5.01. The van der Waals surface area contributed by atoms with Gasteiger partial charge in [0, 0.05) is 30.5 Å². The lowest BCUT2D eigenvalue weighted by Gasteiger charge is -2.37. The zero-order valence-electron chi connectivity index (χ0n) is 10.7. The number of methoxy groups -OCH3 is 1. The number of hydrogen-bond acceptors (Lipinski definition) is 3. The summed E-state index contributed by atoms with van der Waals surface area (Å²) in [5, 5.41) is 5.78. The van der Waals surface area contributed by atoms with Crippen molar-refractivity contribution in [2.45, 2.75) is 37.5 Å². The molecule has 0 atom stereocenters. The van der Waals surface area contributed by atoms with E-state index in [-0.39, 0.29) is 0 Å². The first kappa shape index (κ1) is 13.1. The Labute approximate surface area is 108 Å². The van der Waals surface area contributed by atoms with Gasteiger partial charge in [0.15, 0.2) is 0 Å². The maximum absolute atomic E-state index is 5.09. The van der Waals surface area contributed by atoms with Crippen molar-refractivity contribution < 1.29 is 4.74 Å². The zero-order chi connectivity index (χ0) is 12.0. The van der Waals surface area contributed by atoms with Crippen molar-refractivity contribution in [2.24, 2.45) is 0 Å². The molecule has 1 aromatic heterocycles. The quantitative estimate of drug-likeness (QED) is 0.786. The van der Waals surface area contributed by atoms with Crippen LogP contribution in [0, 0.1) is 0 Å². The van der Waals surface area contributed by atoms with Crippen LogP contribution in [0.1, 0.15) is 37.0 Å². The van der Waals surface area contributed by atoms with Crippen LogP contribution in [-0.4, -0.2) is 26.8 Å². The van der Waals surface area contributed by atoms with Gasteiger partial charge in [-0.05, 0) is 24.3 Å². The van der Waals surface area contributed by atoms with Crippen molar-refractivity contribution >= 4 is 11.3 Å². The minimum atomic E-state index is 0.403. The van der Waals surface area contributed by atoms with Crippen molar-refractivity contribution in [1.82, 2.24) is 5.32 Å². The Morgan fingerprint density at radius 2 is 2.18 bits per heavy atom. The fraction of sp³-hybridized carbons (Fsp3) is 0.714. The Hall–Kier alpha value is -0.380. The first-order chi connectivity index (χ1) is 8.37. The van der Waals surface area contributed by atoms with Crippen LogP contribution < -0.4 is 5.32 Å². The predicted molar refractivity (Wildman–Crippen MR) is 73.8 cm³/mol. The molecular formula is C14H23NOS. The average molecular weight is 253 g/mol. The molecule has 0 spiro atoms. The van der Waals surface area contributed by atoms with Crippen LogP contribution in [-0.2, 0) is 10.2 Å². The van der Waals surface area contributed by atoms with Gasteiger partial charge < -0.3 is 10.1 Å². The molecule has 0 saturated heterocycles. The van der Waals surface area contributed by atoms with Gasteiger partial charge >= 0.3 is 0 Å². The highest BCUT2D eigenvalue weighted by Crippen LogP contribution is 2.40. The lowest BCUT2D eigenvalue weighted by Crippen LogP contribution is -2.40. The van der Waals surface area contributed by atoms with Gasteiger partial charge in [0.25, 0.3) is 0 Å². The first-order valence-electron chi connectivity index (χ1n) is 6.61. The summed E-state index contributed by atoms with van der Waals surface area (Å²) in [5.74, 6) is 0. The SMILES string of the molecule is COCCNCC1(c2cccs2)CCCCC1. The van der Waals surface area contributed by atoms with E-state index in [1.54, 1.807) is 12.0 Å². The van der Waals surface area contributed by atoms with Crippen molar-refractivity contribution in [3.8, 4) is 0 Å². The van der Waals surface area contributed by atoms with Gasteiger partial charge in [-0.1, -0.05) is 25.3 Å². The second-order valence-corrected chi connectivity index (χ2v) is 5.94. The van der Waals surface area contributed by atoms with E-state index in [0.29, 0.717) is 5.41 Å². The maximum Gasteiger partial charge on any atom is 0.0587 e. The van der Waals surface area contributed by atoms with E-state index in [1.165, 1.54) is 32.1 Å². The minimum absolute atomic E-state index is 0.403. The Morgan fingerprint density at radius 3 is 2.82 bits per heavy atom. The van der Waals surface area contributed by atoms with Gasteiger partial charge in [-0.15, -0.1) is 11.3 Å². The standard InChI is InChI=1S/C14H23NOS/c1-16-10-9-15-12-14(7-3-2-4-8-14)13-6-5-11-17-13/h5-6,11,15H,2-4,7-10,12H2,1H3. The molecule has 17 heavy (non-hydrogen) atoms. The number of hydrogen-bond donors (Lipinski definition) is 1. The van der Waals surface area contributed by atoms with Gasteiger partial charge in [-0.3, -0.25) is 0 Å². The second kappa shape index (κ2) is 6.53. The number of nitrogens with one attached hydrogen (secondary N) is 1. The Bertz CT molecular complexity index is 304. The highest BCUT2D eigenvalue weighted by Gasteiger charge is 2.34. The summed E-state index contributed by atoms with van der Waals surface area (Å²) in [4.78, 5) is 1.57. The third-order valence-corrected chi connectivity index (χ3v) is 4.92. The smallest absolute Gasteiger partial charge is 0.0587 e. The molecule has 1 heterocycles. The topological polar surface area (TPSA) is 21.3 Å². The monoisotopic (exact) mass is 253 g/mol. The Balaban J connectivity index is 1.97. The average Bonchev–Trinajstić information content (AvgIpc) is 2.90. The number of rotatable bonds is 6. The molecule has 0 unspecified atom stereocenters. The molecule has 1 saturated carbocycles. The lowest BCUT2D eigenvalue weighted by molar-refractivity contribution is 0.192. The van der Waals surface area contributed by atoms with Gasteiger partial charge in [0.1, 0.15) is 0 Å². The molecule has 1 aromatic rings. The van der Waals surface area contributed by atoms with E-state index in [1.807, 2.05) is 11.3 Å². The van der Waals surface area contributed by atoms with Gasteiger partial charge in [0.05, 0.1) is 6.61 Å². The molecule has 1 aliphatic carbocycles. The fourth-order valence-corrected chi connectivity index (χ4v) is 3.81. The summed E-state index contributed by atoms with van der Waals surface area (Å²) in [6, 6.07) is 4.50. The van der Waals surface area contributed by atoms with Crippen LogP contribution in [0.5, 0.6) is 0 Å². The molecule has 1 N–H and O–H groups in total. The van der Waals surface area contributed by atoms with E-state index < -0.39 is 0 Å². The molecule has 0 aromatic carbocycles. The summed E-state index contributed by atoms with van der Waals surface area (Å²) in [5.41, 5.74) is 0.403. The fourth-order valence-electron chi connectivity index (χ4n) is 2.82. The van der Waals surface area contributed by atoms with Crippen molar-refractivity contribution in [1.29, 1.82) is 0 Å². The van der Waals surface area contributed by atoms with Crippen LogP contribution in [0.3, 0.4) is 0 Å². The van der Waals surface area contributed by atoms with Crippen molar-refractivity contribution in [3.63, 3.8) is 0 Å². The molecule has 3 heteroatoms. The van der Waals surface area contributed by atoms with Gasteiger partial charge in [-0.2, -0.15) is 0 Å². The van der Waals surface area contributed by atoms with E-state index in [2.05, 4.69) is 22.8 Å². The molecule has 2 rings (SSSR count). The third-order valence-electron chi connectivity index (χ3n) is 3.80. The van der Waals surface area contributed by atoms with Crippen molar-refractivity contribution in [2.75, 3.05) is 26.8 Å². The summed E-state index contributed by atoms with van der Waals surface area (Å²) in [7, 11) is 1.76. The minimum Gasteiger partial charge on any atom is -0.383 e. The van der Waals surface area contributed by atoms with E-state index in [9.17, 15) is 0 Å². The van der Waals surface area contributed by atoms with Crippen LogP contribution >= 0.6 is 11.3 Å². The molecule has 0 radical (unpaired) electrons.